The fourth-order valence-electron chi connectivity index (χ4n) is 0.387. The Kier molecular flexibility index (Phi) is 1.35. The molecule has 0 aliphatic rings. The predicted molar refractivity (Wildman–Crippen MR) is 28.7 cm³/mol. The zero-order valence-electron chi connectivity index (χ0n) is 4.21. The Hall–Kier alpha value is -1.10. The summed E-state index contributed by atoms with van der Waals surface area (Å²) in [5.41, 5.74) is 0. The minimum Gasteiger partial charge on any atom is -0.313 e. The van der Waals surface area contributed by atoms with E-state index in [2.05, 4.69) is 10.2 Å². The van der Waals surface area contributed by atoms with Crippen molar-refractivity contribution in [3.05, 3.63) is 16.1 Å². The first-order valence-corrected chi connectivity index (χ1v) is 2.45. The first-order chi connectivity index (χ1) is 4.20. The van der Waals surface area contributed by atoms with Crippen molar-refractivity contribution in [3.63, 3.8) is 0 Å². The molecule has 0 aliphatic carbocycles. The first kappa shape index (κ1) is 6.03. The van der Waals surface area contributed by atoms with E-state index >= 15 is 0 Å². The molecule has 48 valence electrons. The summed E-state index contributed by atoms with van der Waals surface area (Å²) in [6.07, 6.45) is 0. The molecule has 1 heterocycles. The summed E-state index contributed by atoms with van der Waals surface area (Å²) in [6.45, 7) is 0. The third-order valence-electron chi connectivity index (χ3n) is 0.729. The highest BCUT2D eigenvalue weighted by atomic mass is 35.5. The van der Waals surface area contributed by atoms with Crippen LogP contribution in [0.15, 0.2) is 6.07 Å². The number of hydrogen-bond acceptors (Lipinski definition) is 2. The lowest BCUT2D eigenvalue weighted by molar-refractivity contribution is -0.732. The van der Waals surface area contributed by atoms with E-state index in [4.69, 9.17) is 16.8 Å². The Balaban J connectivity index is 2.98. The van der Waals surface area contributed by atoms with E-state index in [1.165, 1.54) is 6.07 Å². The van der Waals surface area contributed by atoms with E-state index in [0.29, 0.717) is 0 Å². The number of aromatic amines is 1. The van der Waals surface area contributed by atoms with Gasteiger partial charge in [0.05, 0.1) is 11.2 Å². The summed E-state index contributed by atoms with van der Waals surface area (Å²) in [6, 6.07) is 1.20. The Morgan fingerprint density at radius 1 is 1.89 bits per heavy atom. The van der Waals surface area contributed by atoms with Crippen LogP contribution in [-0.2, 0) is 0 Å². The predicted octanol–water partition coefficient (Wildman–Crippen LogP) is 0.863. The van der Waals surface area contributed by atoms with Gasteiger partial charge >= 0.3 is 5.82 Å². The molecule has 6 heteroatoms. The van der Waals surface area contributed by atoms with Crippen molar-refractivity contribution in [3.8, 4) is 0 Å². The highest BCUT2D eigenvalue weighted by molar-refractivity contribution is 6.29. The normalized spacial score (nSPS) is 9.44. The third-order valence-corrected chi connectivity index (χ3v) is 0.923. The summed E-state index contributed by atoms with van der Waals surface area (Å²) in [5, 5.41) is 14.0. The molecule has 5 nitrogen and oxygen atoms in total. The van der Waals surface area contributed by atoms with Gasteiger partial charge in [-0.2, -0.15) is 5.10 Å². The molecule has 0 saturated heterocycles. The molecule has 0 aliphatic heterocycles. The molecular formula is C3H3ClN3O2+. The average Bonchev–Trinajstić information content (AvgIpc) is 2.14. The maximum atomic E-state index is 9.99. The monoisotopic (exact) mass is 148 g/mol. The van der Waals surface area contributed by atoms with Crippen LogP contribution < -0.4 is 0 Å². The lowest BCUT2D eigenvalue weighted by atomic mass is 10.7. The second-order valence-corrected chi connectivity index (χ2v) is 1.75. The zero-order chi connectivity index (χ0) is 6.85. The number of aromatic nitrogens is 2. The highest BCUT2D eigenvalue weighted by Crippen LogP contribution is 2.10. The van der Waals surface area contributed by atoms with E-state index in [9.17, 15) is 4.91 Å². The minimum atomic E-state index is -0.373. The van der Waals surface area contributed by atoms with Crippen LogP contribution in [0.25, 0.3) is 0 Å². The van der Waals surface area contributed by atoms with Gasteiger partial charge in [-0.3, -0.25) is 0 Å². The number of halogens is 1. The van der Waals surface area contributed by atoms with Crippen molar-refractivity contribution < 1.29 is 10.1 Å². The van der Waals surface area contributed by atoms with Gasteiger partial charge in [0.1, 0.15) is 0 Å². The molecule has 0 unspecified atom stereocenters. The van der Waals surface area contributed by atoms with Crippen molar-refractivity contribution in [1.29, 1.82) is 0 Å². The lowest BCUT2D eigenvalue weighted by Crippen LogP contribution is -1.90. The molecule has 1 rings (SSSR count). The number of hydrogen-bond donors (Lipinski definition) is 2. The fourth-order valence-corrected chi connectivity index (χ4v) is 0.526. The summed E-state index contributed by atoms with van der Waals surface area (Å²) < 4.78 is 0. The van der Waals surface area contributed by atoms with Gasteiger partial charge in [-0.15, -0.1) is 0 Å². The second-order valence-electron chi connectivity index (χ2n) is 1.35. The molecule has 0 radical (unpaired) electrons. The van der Waals surface area contributed by atoms with Gasteiger partial charge in [-0.25, -0.2) is 0 Å². The minimum absolute atomic E-state index is 0.153. The van der Waals surface area contributed by atoms with Crippen molar-refractivity contribution in [2.75, 3.05) is 0 Å². The van der Waals surface area contributed by atoms with Gasteiger partial charge in [0.15, 0.2) is 10.1 Å². The van der Waals surface area contributed by atoms with Crippen LogP contribution in [0.5, 0.6) is 0 Å². The maximum Gasteiger partial charge on any atom is 0.435 e. The van der Waals surface area contributed by atoms with Crippen LogP contribution >= 0.6 is 11.6 Å². The summed E-state index contributed by atoms with van der Waals surface area (Å²) in [5.74, 6) is -0.153. The van der Waals surface area contributed by atoms with Gasteiger partial charge in [0, 0.05) is 0 Å². The van der Waals surface area contributed by atoms with Gasteiger partial charge in [0.25, 0.3) is 0 Å². The second kappa shape index (κ2) is 2.02. The van der Waals surface area contributed by atoms with E-state index in [0.717, 1.165) is 0 Å². The van der Waals surface area contributed by atoms with E-state index in [1.54, 1.807) is 0 Å². The van der Waals surface area contributed by atoms with Gasteiger partial charge in [-0.05, 0) is 4.91 Å². The highest BCUT2D eigenvalue weighted by Gasteiger charge is 2.14. The Bertz CT molecular complexity index is 233. The maximum absolute atomic E-state index is 9.99. The number of rotatable bonds is 1. The number of nitrogens with one attached hydrogen (secondary N) is 1. The molecule has 2 N–H and O–H groups in total. The average molecular weight is 149 g/mol. The zero-order valence-corrected chi connectivity index (χ0v) is 4.96. The van der Waals surface area contributed by atoms with Crippen molar-refractivity contribution >= 4 is 17.4 Å². The third kappa shape index (κ3) is 1.17. The van der Waals surface area contributed by atoms with Crippen LogP contribution in [0.1, 0.15) is 0 Å². The molecule has 0 spiro atoms. The van der Waals surface area contributed by atoms with Gasteiger partial charge in [-0.1, -0.05) is 11.6 Å². The molecule has 0 atom stereocenters. The van der Waals surface area contributed by atoms with Crippen molar-refractivity contribution in [2.45, 2.75) is 0 Å². The van der Waals surface area contributed by atoms with Crippen LogP contribution in [-0.4, -0.2) is 20.3 Å². The van der Waals surface area contributed by atoms with Crippen LogP contribution in [0, 0.1) is 4.91 Å². The summed E-state index contributed by atoms with van der Waals surface area (Å²) in [4.78, 5) is 9.62. The molecule has 0 amide bonds. The van der Waals surface area contributed by atoms with Crippen LogP contribution in [0.4, 0.5) is 5.82 Å². The molecule has 1 aromatic heterocycles. The Morgan fingerprint density at radius 3 is 2.78 bits per heavy atom. The van der Waals surface area contributed by atoms with E-state index < -0.39 is 0 Å². The van der Waals surface area contributed by atoms with Crippen molar-refractivity contribution in [2.24, 2.45) is 0 Å². The van der Waals surface area contributed by atoms with Crippen molar-refractivity contribution in [1.82, 2.24) is 10.2 Å². The largest absolute Gasteiger partial charge is 0.435 e. The molecule has 9 heavy (non-hydrogen) atoms. The topological polar surface area (TPSA) is 69.0 Å². The van der Waals surface area contributed by atoms with E-state index in [-0.39, 0.29) is 15.9 Å². The molecule has 0 fully saturated rings. The summed E-state index contributed by atoms with van der Waals surface area (Å²) in [7, 11) is 0. The molecule has 0 aromatic carbocycles. The van der Waals surface area contributed by atoms with Gasteiger partial charge < -0.3 is 5.21 Å². The lowest BCUT2D eigenvalue weighted by Gasteiger charge is -1.69. The fraction of sp³-hybridized carbons (Fsp3) is 0. The Morgan fingerprint density at radius 2 is 2.56 bits per heavy atom. The van der Waals surface area contributed by atoms with Crippen LogP contribution in [0.3, 0.4) is 0 Å². The standard InChI is InChI=1S/C3H3ClN3O2/c4-2-1-3(6-5-2)7(8)9/h1H,(H,5,6)(H,8,9)/q+1. The number of nitrogens with zero attached hydrogens (tertiary/aromatic N) is 2. The quantitative estimate of drug-likeness (QED) is 0.581. The first-order valence-electron chi connectivity index (χ1n) is 2.07. The summed E-state index contributed by atoms with van der Waals surface area (Å²) >= 11 is 5.31. The molecule has 0 bridgehead atoms. The molecule has 0 saturated carbocycles. The smallest absolute Gasteiger partial charge is 0.313 e. The van der Waals surface area contributed by atoms with Gasteiger partial charge in [0.2, 0.25) is 0 Å². The molecule has 1 aromatic rings. The molecular weight excluding hydrogens is 146 g/mol. The number of H-pyrrole nitrogens is 1. The van der Waals surface area contributed by atoms with E-state index in [1.807, 2.05) is 0 Å². The van der Waals surface area contributed by atoms with Crippen LogP contribution in [0.2, 0.25) is 5.15 Å². The SMILES string of the molecule is O=[N+](O)c1cc(Cl)[nH]n1. The Labute approximate surface area is 54.8 Å².